The lowest BCUT2D eigenvalue weighted by atomic mass is 9.90. The number of carbonyl (C=O) groups is 2. The number of aliphatic imine (C=N–C) groups is 1. The van der Waals surface area contributed by atoms with Gasteiger partial charge in [0.25, 0.3) is 11.8 Å². The monoisotopic (exact) mass is 513 g/mol. The van der Waals surface area contributed by atoms with Crippen molar-refractivity contribution in [1.29, 1.82) is 0 Å². The minimum atomic E-state index is -0.741. The number of fused-ring (bicyclic) bond motifs is 1. The maximum atomic E-state index is 13.8. The summed E-state index contributed by atoms with van der Waals surface area (Å²) >= 11 is 0. The third kappa shape index (κ3) is 4.03. The number of rotatable bonds is 5. The summed E-state index contributed by atoms with van der Waals surface area (Å²) in [6.07, 6.45) is 4.36. The molecule has 2 aromatic carbocycles. The first kappa shape index (κ1) is 23.6. The van der Waals surface area contributed by atoms with Gasteiger partial charge in [-0.15, -0.1) is 0 Å². The molecule has 4 aliphatic heterocycles. The lowest BCUT2D eigenvalue weighted by molar-refractivity contribution is -0.148. The van der Waals surface area contributed by atoms with Gasteiger partial charge < -0.3 is 18.8 Å². The SMILES string of the molecule is O=C([C@H]1CCCO1)N1CC(CN2C(=O)C3(CCOCC3)N=C2c2ccc(-c3ccc4occc4c3)cc2)C1. The van der Waals surface area contributed by atoms with Gasteiger partial charge >= 0.3 is 0 Å². The smallest absolute Gasteiger partial charge is 0.256 e. The zero-order chi connectivity index (χ0) is 25.7. The van der Waals surface area contributed by atoms with Crippen LogP contribution in [0.4, 0.5) is 0 Å². The van der Waals surface area contributed by atoms with E-state index in [-0.39, 0.29) is 23.8 Å². The molecular formula is C30H31N3O5. The fourth-order valence-electron chi connectivity index (χ4n) is 6.14. The number of hydrogen-bond donors (Lipinski definition) is 0. The molecule has 38 heavy (non-hydrogen) atoms. The van der Waals surface area contributed by atoms with Crippen LogP contribution in [0.15, 0.2) is 64.2 Å². The Hall–Kier alpha value is -3.49. The molecule has 1 atom stereocenters. The van der Waals surface area contributed by atoms with Crippen molar-refractivity contribution in [3.63, 3.8) is 0 Å². The average Bonchev–Trinajstić information content (AvgIpc) is 3.68. The second kappa shape index (κ2) is 9.36. The summed E-state index contributed by atoms with van der Waals surface area (Å²) in [6.45, 7) is 3.62. The van der Waals surface area contributed by atoms with Gasteiger partial charge in [0.15, 0.2) is 0 Å². The van der Waals surface area contributed by atoms with Crippen LogP contribution in [0, 0.1) is 5.92 Å². The van der Waals surface area contributed by atoms with Crippen molar-refractivity contribution in [3.8, 4) is 11.1 Å². The minimum Gasteiger partial charge on any atom is -0.464 e. The minimum absolute atomic E-state index is 0.0641. The van der Waals surface area contributed by atoms with E-state index in [1.807, 2.05) is 21.9 Å². The second-order valence-corrected chi connectivity index (χ2v) is 10.9. The fourth-order valence-corrected chi connectivity index (χ4v) is 6.14. The molecule has 8 nitrogen and oxygen atoms in total. The Kier molecular flexibility index (Phi) is 5.82. The number of nitrogens with zero attached hydrogens (tertiary/aromatic N) is 3. The van der Waals surface area contributed by atoms with Gasteiger partial charge in [0.2, 0.25) is 0 Å². The van der Waals surface area contributed by atoms with Gasteiger partial charge in [-0.05, 0) is 42.2 Å². The maximum Gasteiger partial charge on any atom is 0.256 e. The summed E-state index contributed by atoms with van der Waals surface area (Å²) in [4.78, 5) is 35.3. The van der Waals surface area contributed by atoms with Crippen LogP contribution in [0.5, 0.6) is 0 Å². The summed E-state index contributed by atoms with van der Waals surface area (Å²) in [5, 5.41) is 1.07. The van der Waals surface area contributed by atoms with Crippen LogP contribution in [0.25, 0.3) is 22.1 Å². The Labute approximate surface area is 221 Å². The summed E-state index contributed by atoms with van der Waals surface area (Å²) < 4.78 is 16.6. The summed E-state index contributed by atoms with van der Waals surface area (Å²) in [5.41, 5.74) is 3.26. The highest BCUT2D eigenvalue weighted by molar-refractivity contribution is 6.15. The van der Waals surface area contributed by atoms with Crippen molar-refractivity contribution in [3.05, 3.63) is 60.4 Å². The van der Waals surface area contributed by atoms with Crippen LogP contribution in [0.3, 0.4) is 0 Å². The van der Waals surface area contributed by atoms with E-state index in [9.17, 15) is 9.59 Å². The van der Waals surface area contributed by atoms with E-state index in [1.165, 1.54) is 0 Å². The Bertz CT molecular complexity index is 1390. The molecule has 0 N–H and O–H groups in total. The Morgan fingerprint density at radius 1 is 0.974 bits per heavy atom. The van der Waals surface area contributed by atoms with E-state index in [2.05, 4.69) is 36.4 Å². The van der Waals surface area contributed by atoms with E-state index >= 15 is 0 Å². The third-order valence-electron chi connectivity index (χ3n) is 8.38. The van der Waals surface area contributed by atoms with Crippen molar-refractivity contribution in [1.82, 2.24) is 9.80 Å². The van der Waals surface area contributed by atoms with Crippen molar-refractivity contribution >= 4 is 28.6 Å². The average molecular weight is 514 g/mol. The lowest BCUT2D eigenvalue weighted by Crippen LogP contribution is -2.57. The number of ether oxygens (including phenoxy) is 2. The largest absolute Gasteiger partial charge is 0.464 e. The van der Waals surface area contributed by atoms with Crippen molar-refractivity contribution in [2.75, 3.05) is 39.5 Å². The first-order valence-corrected chi connectivity index (χ1v) is 13.6. The molecule has 0 saturated carbocycles. The number of furan rings is 1. The first-order valence-electron chi connectivity index (χ1n) is 13.6. The number of likely N-dealkylation sites (tertiary alicyclic amines) is 1. The molecule has 196 valence electrons. The molecule has 4 aliphatic rings. The number of amides is 2. The van der Waals surface area contributed by atoms with Gasteiger partial charge in [-0.1, -0.05) is 30.3 Å². The van der Waals surface area contributed by atoms with E-state index in [4.69, 9.17) is 18.9 Å². The van der Waals surface area contributed by atoms with Gasteiger partial charge in [-0.25, -0.2) is 0 Å². The first-order chi connectivity index (χ1) is 18.6. The van der Waals surface area contributed by atoms with Crippen LogP contribution in [0.1, 0.15) is 31.2 Å². The maximum absolute atomic E-state index is 13.8. The number of amidine groups is 1. The standard InChI is InChI=1S/C30H31N3O5/c34-28(26-2-1-12-37-26)32-17-20(18-32)19-33-27(31-30(29(33)35)10-14-36-15-11-30)22-5-3-21(4-6-22)23-7-8-25-24(16-23)9-13-38-25/h3-9,13,16,20,26H,1-2,10-12,14-15,17-19H2/t26-/m1/s1. The third-order valence-corrected chi connectivity index (χ3v) is 8.38. The predicted molar refractivity (Wildman–Crippen MR) is 142 cm³/mol. The quantitative estimate of drug-likeness (QED) is 0.517. The number of carbonyl (C=O) groups excluding carboxylic acids is 2. The zero-order valence-corrected chi connectivity index (χ0v) is 21.3. The molecule has 3 saturated heterocycles. The normalized spacial score (nSPS) is 23.3. The second-order valence-electron chi connectivity index (χ2n) is 10.9. The molecule has 7 rings (SSSR count). The van der Waals surface area contributed by atoms with Crippen LogP contribution in [-0.4, -0.2) is 78.5 Å². The molecule has 1 spiro atoms. The lowest BCUT2D eigenvalue weighted by Gasteiger charge is -2.42. The van der Waals surface area contributed by atoms with E-state index in [0.29, 0.717) is 52.3 Å². The molecule has 8 heteroatoms. The van der Waals surface area contributed by atoms with E-state index < -0.39 is 5.54 Å². The molecule has 0 aliphatic carbocycles. The van der Waals surface area contributed by atoms with Gasteiger partial charge in [-0.3, -0.25) is 19.5 Å². The molecule has 3 aromatic rings. The molecule has 2 amide bonds. The van der Waals surface area contributed by atoms with E-state index in [0.717, 1.165) is 46.3 Å². The van der Waals surface area contributed by atoms with Crippen molar-refractivity contribution < 1.29 is 23.5 Å². The molecule has 5 heterocycles. The topological polar surface area (TPSA) is 84.6 Å². The van der Waals surface area contributed by atoms with Crippen LogP contribution in [0.2, 0.25) is 0 Å². The highest BCUT2D eigenvalue weighted by Gasteiger charge is 2.50. The summed E-state index contributed by atoms with van der Waals surface area (Å²) in [7, 11) is 0. The van der Waals surface area contributed by atoms with Gasteiger partial charge in [-0.2, -0.15) is 0 Å². The van der Waals surface area contributed by atoms with Crippen LogP contribution >= 0.6 is 0 Å². The molecule has 0 radical (unpaired) electrons. The molecule has 0 unspecified atom stereocenters. The van der Waals surface area contributed by atoms with Gasteiger partial charge in [0.05, 0.1) is 6.26 Å². The Balaban J connectivity index is 1.12. The van der Waals surface area contributed by atoms with Crippen molar-refractivity contribution in [2.24, 2.45) is 10.9 Å². The fraction of sp³-hybridized carbons (Fsp3) is 0.433. The number of hydrogen-bond acceptors (Lipinski definition) is 6. The Morgan fingerprint density at radius 2 is 1.74 bits per heavy atom. The van der Waals surface area contributed by atoms with Crippen LogP contribution in [-0.2, 0) is 19.1 Å². The molecular weight excluding hydrogens is 482 g/mol. The van der Waals surface area contributed by atoms with Crippen LogP contribution < -0.4 is 0 Å². The highest BCUT2D eigenvalue weighted by atomic mass is 16.5. The zero-order valence-electron chi connectivity index (χ0n) is 21.3. The summed E-state index contributed by atoms with van der Waals surface area (Å²) in [6, 6.07) is 16.4. The van der Waals surface area contributed by atoms with E-state index in [1.54, 1.807) is 6.26 Å². The predicted octanol–water partition coefficient (Wildman–Crippen LogP) is 3.88. The number of benzene rings is 2. The molecule has 3 fully saturated rings. The van der Waals surface area contributed by atoms with Gasteiger partial charge in [0, 0.05) is 69.2 Å². The molecule has 1 aromatic heterocycles. The highest BCUT2D eigenvalue weighted by Crippen LogP contribution is 2.36. The van der Waals surface area contributed by atoms with Gasteiger partial charge in [0.1, 0.15) is 23.1 Å². The summed E-state index contributed by atoms with van der Waals surface area (Å²) in [5.74, 6) is 1.11. The Morgan fingerprint density at radius 3 is 2.50 bits per heavy atom. The molecule has 0 bridgehead atoms. The van der Waals surface area contributed by atoms with Crippen molar-refractivity contribution in [2.45, 2.75) is 37.3 Å².